The molecule has 1 spiro atoms. The van der Waals surface area contributed by atoms with E-state index in [1.54, 1.807) is 26.0 Å². The van der Waals surface area contributed by atoms with Crippen LogP contribution in [-0.2, 0) is 23.9 Å². The summed E-state index contributed by atoms with van der Waals surface area (Å²) < 4.78 is 11.9. The molecule has 0 aromatic rings. The van der Waals surface area contributed by atoms with E-state index in [0.29, 0.717) is 18.4 Å². The number of rotatable bonds is 9. The van der Waals surface area contributed by atoms with Crippen molar-refractivity contribution in [2.75, 3.05) is 6.61 Å². The van der Waals surface area contributed by atoms with E-state index in [4.69, 9.17) is 9.47 Å². The minimum absolute atomic E-state index is 0.0431. The van der Waals surface area contributed by atoms with Crippen LogP contribution in [0.15, 0.2) is 23.3 Å². The van der Waals surface area contributed by atoms with E-state index in [1.807, 2.05) is 34.6 Å². The Bertz CT molecular complexity index is 1120. The van der Waals surface area contributed by atoms with Crippen molar-refractivity contribution < 1.29 is 39.2 Å². The number of unbranched alkanes of at least 4 members (excludes halogenated alkanes) is 2. The Hall–Kier alpha value is -2.03. The smallest absolute Gasteiger partial charge is 0.309 e. The van der Waals surface area contributed by atoms with Crippen molar-refractivity contribution in [3.8, 4) is 0 Å². The number of aliphatic hydroxyl groups is 3. The normalized spacial score (nSPS) is 40.2. The first-order valence-corrected chi connectivity index (χ1v) is 15.0. The highest BCUT2D eigenvalue weighted by Gasteiger charge is 2.83. The van der Waals surface area contributed by atoms with Crippen LogP contribution in [0.5, 0.6) is 0 Å². The zero-order valence-corrected chi connectivity index (χ0v) is 25.3. The van der Waals surface area contributed by atoms with Crippen molar-refractivity contribution in [3.05, 3.63) is 23.3 Å². The molecule has 0 heterocycles. The second-order valence-corrected chi connectivity index (χ2v) is 13.8. The molecule has 9 atom stereocenters. The lowest BCUT2D eigenvalue weighted by molar-refractivity contribution is -0.192. The molecule has 40 heavy (non-hydrogen) atoms. The van der Waals surface area contributed by atoms with Crippen LogP contribution in [0.2, 0.25) is 0 Å². The quantitative estimate of drug-likeness (QED) is 0.220. The lowest BCUT2D eigenvalue weighted by Crippen LogP contribution is -2.65. The van der Waals surface area contributed by atoms with Gasteiger partial charge in [0.1, 0.15) is 30.0 Å². The van der Waals surface area contributed by atoms with Crippen LogP contribution >= 0.6 is 0 Å². The SMILES string of the molecule is CCCCCC(=O)O[C@@]12C[C@@H](C)[C@]34C=C(C)[C@H](O)[C@@]3(O)[C@H](O)C(COC(=O)C(C)C(C)C)=C[C@H](C4=O)[C@@H]1C2(C)C. The van der Waals surface area contributed by atoms with Gasteiger partial charge in [0.15, 0.2) is 5.78 Å². The van der Waals surface area contributed by atoms with Gasteiger partial charge < -0.3 is 24.8 Å². The largest absolute Gasteiger partial charge is 0.461 e. The van der Waals surface area contributed by atoms with Crippen LogP contribution in [0, 0.1) is 40.4 Å². The summed E-state index contributed by atoms with van der Waals surface area (Å²) >= 11 is 0. The number of hydrogen-bond acceptors (Lipinski definition) is 8. The highest BCUT2D eigenvalue weighted by atomic mass is 16.6. The first kappa shape index (κ1) is 30.9. The molecule has 4 aliphatic carbocycles. The fourth-order valence-electron chi connectivity index (χ4n) is 8.05. The number of ether oxygens (including phenoxy) is 2. The molecule has 224 valence electrons. The van der Waals surface area contributed by atoms with Crippen LogP contribution < -0.4 is 0 Å². The van der Waals surface area contributed by atoms with Crippen LogP contribution in [0.4, 0.5) is 0 Å². The van der Waals surface area contributed by atoms with E-state index in [9.17, 15) is 29.7 Å². The highest BCUT2D eigenvalue weighted by Crippen LogP contribution is 2.75. The standard InChI is InChI=1S/C32H48O8/c1-9-10-11-12-23(33)40-31-15-19(5)30-14-18(4)25(34)32(30,38)26(35)21(16-39-28(37)20(6)17(2)3)13-22(27(30)36)24(31)29(31,7)8/h13-14,17,19-20,22,24-26,34-35,38H,9-12,15-16H2,1-8H3/t19-,20?,22+,24-,25+,26-,30+,31+,32-/m1/s1. The van der Waals surface area contributed by atoms with Crippen molar-refractivity contribution in [2.24, 2.45) is 40.4 Å². The Morgan fingerprint density at radius 1 is 1.12 bits per heavy atom. The summed E-state index contributed by atoms with van der Waals surface area (Å²) in [6, 6.07) is 0. The number of carbonyl (C=O) groups is 3. The second-order valence-electron chi connectivity index (χ2n) is 13.8. The molecule has 0 saturated heterocycles. The van der Waals surface area contributed by atoms with Gasteiger partial charge in [-0.1, -0.05) is 73.5 Å². The second kappa shape index (κ2) is 10.4. The summed E-state index contributed by atoms with van der Waals surface area (Å²) in [6.45, 7) is 14.8. The predicted octanol–water partition coefficient (Wildman–Crippen LogP) is 3.90. The van der Waals surface area contributed by atoms with E-state index < -0.39 is 58.0 Å². The summed E-state index contributed by atoms with van der Waals surface area (Å²) in [6.07, 6.45) is 3.31. The van der Waals surface area contributed by atoms with Crippen molar-refractivity contribution >= 4 is 17.7 Å². The van der Waals surface area contributed by atoms with E-state index in [-0.39, 0.29) is 35.8 Å². The molecule has 0 aromatic heterocycles. The van der Waals surface area contributed by atoms with Crippen molar-refractivity contribution in [1.82, 2.24) is 0 Å². The molecule has 3 N–H and O–H groups in total. The van der Waals surface area contributed by atoms with Crippen LogP contribution in [0.1, 0.15) is 87.5 Å². The zero-order valence-electron chi connectivity index (χ0n) is 25.3. The Morgan fingerprint density at radius 3 is 2.38 bits per heavy atom. The Labute approximate surface area is 238 Å². The van der Waals surface area contributed by atoms with Crippen molar-refractivity contribution in [1.29, 1.82) is 0 Å². The van der Waals surface area contributed by atoms with Gasteiger partial charge in [-0.3, -0.25) is 14.4 Å². The van der Waals surface area contributed by atoms with Crippen molar-refractivity contribution in [3.63, 3.8) is 0 Å². The maximum absolute atomic E-state index is 14.6. The van der Waals surface area contributed by atoms with Gasteiger partial charge in [0, 0.05) is 23.7 Å². The molecule has 8 nitrogen and oxygen atoms in total. The van der Waals surface area contributed by atoms with Gasteiger partial charge in [-0.05, 0) is 42.7 Å². The number of ketones is 1. The molecule has 1 unspecified atom stereocenters. The summed E-state index contributed by atoms with van der Waals surface area (Å²) in [7, 11) is 0. The number of esters is 2. The van der Waals surface area contributed by atoms with Crippen LogP contribution in [0.25, 0.3) is 0 Å². The molecule has 0 aromatic carbocycles. The van der Waals surface area contributed by atoms with E-state index >= 15 is 0 Å². The fraction of sp³-hybridized carbons (Fsp3) is 0.781. The molecule has 0 amide bonds. The molecule has 2 fully saturated rings. The molecule has 2 bridgehead atoms. The number of allylic oxidation sites excluding steroid dienone is 1. The lowest BCUT2D eigenvalue weighted by atomic mass is 9.59. The monoisotopic (exact) mass is 560 g/mol. The minimum Gasteiger partial charge on any atom is -0.461 e. The molecule has 4 aliphatic rings. The number of Topliss-reactive ketones (excluding diaryl/α,β-unsaturated/α-hetero) is 1. The fourth-order valence-corrected chi connectivity index (χ4v) is 8.05. The maximum atomic E-state index is 14.6. The Balaban J connectivity index is 1.80. The molecule has 2 saturated carbocycles. The zero-order chi connectivity index (χ0) is 30.0. The average Bonchev–Trinajstić information content (AvgIpc) is 3.29. The van der Waals surface area contributed by atoms with Gasteiger partial charge in [0.2, 0.25) is 0 Å². The van der Waals surface area contributed by atoms with E-state index in [0.717, 1.165) is 19.3 Å². The number of aliphatic hydroxyl groups excluding tert-OH is 2. The summed E-state index contributed by atoms with van der Waals surface area (Å²) in [4.78, 5) is 40.4. The summed E-state index contributed by atoms with van der Waals surface area (Å²) in [5.74, 6) is -3.19. The number of hydrogen-bond donors (Lipinski definition) is 3. The average molecular weight is 561 g/mol. The van der Waals surface area contributed by atoms with Gasteiger partial charge in [-0.15, -0.1) is 0 Å². The van der Waals surface area contributed by atoms with Crippen LogP contribution in [-0.4, -0.2) is 63.1 Å². The van der Waals surface area contributed by atoms with Crippen LogP contribution in [0.3, 0.4) is 0 Å². The Morgan fingerprint density at radius 2 is 1.77 bits per heavy atom. The van der Waals surface area contributed by atoms with Gasteiger partial charge in [0.25, 0.3) is 0 Å². The molecule has 4 rings (SSSR count). The van der Waals surface area contributed by atoms with E-state index in [1.165, 1.54) is 0 Å². The Kier molecular flexibility index (Phi) is 8.00. The van der Waals surface area contributed by atoms with Gasteiger partial charge in [-0.2, -0.15) is 0 Å². The number of carbonyl (C=O) groups excluding carboxylic acids is 3. The van der Waals surface area contributed by atoms with Crippen molar-refractivity contribution in [2.45, 2.75) is 111 Å². The summed E-state index contributed by atoms with van der Waals surface area (Å²) in [5, 5.41) is 35.3. The lowest BCUT2D eigenvalue weighted by Gasteiger charge is -2.48. The molecule has 0 aliphatic heterocycles. The minimum atomic E-state index is -2.27. The highest BCUT2D eigenvalue weighted by molar-refractivity contribution is 5.96. The predicted molar refractivity (Wildman–Crippen MR) is 149 cm³/mol. The van der Waals surface area contributed by atoms with Gasteiger partial charge >= 0.3 is 11.9 Å². The first-order valence-electron chi connectivity index (χ1n) is 15.0. The molecular weight excluding hydrogens is 512 g/mol. The number of fused-ring (bicyclic) bond motifs is 3. The third kappa shape index (κ3) is 4.15. The maximum Gasteiger partial charge on any atom is 0.309 e. The first-order chi connectivity index (χ1) is 18.5. The molecule has 0 radical (unpaired) electrons. The summed E-state index contributed by atoms with van der Waals surface area (Å²) in [5.41, 5.74) is -4.79. The molecular formula is C32H48O8. The van der Waals surface area contributed by atoms with E-state index in [2.05, 4.69) is 6.92 Å². The third-order valence-electron chi connectivity index (χ3n) is 10.9. The molecule has 8 heteroatoms. The third-order valence-corrected chi connectivity index (χ3v) is 10.9. The van der Waals surface area contributed by atoms with Gasteiger partial charge in [0.05, 0.1) is 11.3 Å². The topological polar surface area (TPSA) is 130 Å². The van der Waals surface area contributed by atoms with Gasteiger partial charge in [-0.25, -0.2) is 0 Å².